The molecule has 1 saturated heterocycles. The SMILES string of the molecule is C[N+]1([O-])C=CC2=C1C1=C(C=C[N+]1(C)[O-])C21OC(N)(N)C(N)(N)O1. The molecular weight excluding hydrogens is 304 g/mol. The summed E-state index contributed by atoms with van der Waals surface area (Å²) in [4.78, 5) is 0. The first-order valence-corrected chi connectivity index (χ1v) is 6.94. The molecule has 0 aromatic carbocycles. The number of hydroxylamine groups is 6. The van der Waals surface area contributed by atoms with E-state index < -0.39 is 26.8 Å². The summed E-state index contributed by atoms with van der Waals surface area (Å²) >= 11 is 0. The van der Waals surface area contributed by atoms with E-state index in [1.807, 2.05) is 0 Å². The summed E-state index contributed by atoms with van der Waals surface area (Å²) < 4.78 is 9.62. The molecule has 4 aliphatic rings. The van der Waals surface area contributed by atoms with Gasteiger partial charge in [-0.15, -0.1) is 0 Å². The maximum atomic E-state index is 12.8. The highest BCUT2D eigenvalue weighted by Gasteiger charge is 2.70. The number of fused-ring (bicyclic) bond motifs is 3. The average molecular weight is 322 g/mol. The van der Waals surface area contributed by atoms with E-state index in [0.29, 0.717) is 11.1 Å². The third-order valence-corrected chi connectivity index (χ3v) is 4.62. The van der Waals surface area contributed by atoms with Crippen molar-refractivity contribution in [1.29, 1.82) is 0 Å². The van der Waals surface area contributed by atoms with Gasteiger partial charge in [0.25, 0.3) is 0 Å². The fourth-order valence-corrected chi connectivity index (χ4v) is 3.45. The van der Waals surface area contributed by atoms with E-state index in [4.69, 9.17) is 32.4 Å². The number of hydrogen-bond donors (Lipinski definition) is 4. The van der Waals surface area contributed by atoms with E-state index >= 15 is 0 Å². The second-order valence-corrected chi connectivity index (χ2v) is 6.54. The maximum absolute atomic E-state index is 12.8. The Hall–Kier alpha value is -1.44. The molecule has 0 bridgehead atoms. The van der Waals surface area contributed by atoms with Gasteiger partial charge in [0.05, 0.1) is 25.2 Å². The van der Waals surface area contributed by atoms with Crippen LogP contribution in [0.2, 0.25) is 0 Å². The van der Waals surface area contributed by atoms with Crippen molar-refractivity contribution < 1.29 is 18.8 Å². The van der Waals surface area contributed by atoms with Gasteiger partial charge in [-0.3, -0.25) is 32.2 Å². The highest BCUT2D eigenvalue weighted by Crippen LogP contribution is 2.58. The zero-order valence-electron chi connectivity index (χ0n) is 12.6. The lowest BCUT2D eigenvalue weighted by molar-refractivity contribution is -0.806. The first-order valence-electron chi connectivity index (χ1n) is 6.94. The molecule has 3 heterocycles. The molecular formula is C13H18N6O4. The molecule has 3 aliphatic heterocycles. The van der Waals surface area contributed by atoms with Crippen molar-refractivity contribution in [3.8, 4) is 0 Å². The Morgan fingerprint density at radius 3 is 1.52 bits per heavy atom. The predicted molar refractivity (Wildman–Crippen MR) is 78.5 cm³/mol. The van der Waals surface area contributed by atoms with Gasteiger partial charge in [0, 0.05) is 12.2 Å². The summed E-state index contributed by atoms with van der Waals surface area (Å²) in [6.45, 7) is 0. The van der Waals surface area contributed by atoms with Gasteiger partial charge in [-0.2, -0.15) is 0 Å². The molecule has 124 valence electrons. The van der Waals surface area contributed by atoms with Crippen molar-refractivity contribution in [3.05, 3.63) is 57.5 Å². The van der Waals surface area contributed by atoms with Gasteiger partial charge >= 0.3 is 0 Å². The van der Waals surface area contributed by atoms with Crippen LogP contribution in [-0.4, -0.2) is 40.9 Å². The molecule has 10 nitrogen and oxygen atoms in total. The van der Waals surface area contributed by atoms with E-state index in [-0.39, 0.29) is 11.4 Å². The number of nitrogens with zero attached hydrogens (tertiary/aromatic N) is 2. The molecule has 1 aliphatic carbocycles. The molecule has 23 heavy (non-hydrogen) atoms. The number of quaternary nitrogens is 2. The number of likely N-dealkylation sites (N-methyl/N-ethyl adjacent to an activating group) is 2. The zero-order chi connectivity index (χ0) is 17.1. The smallest absolute Gasteiger partial charge is 0.241 e. The van der Waals surface area contributed by atoms with Crippen LogP contribution in [0.1, 0.15) is 0 Å². The molecule has 8 N–H and O–H groups in total. The van der Waals surface area contributed by atoms with Crippen LogP contribution in [0, 0.1) is 10.4 Å². The minimum Gasteiger partial charge on any atom is -0.622 e. The Bertz CT molecular complexity index is 694. The van der Waals surface area contributed by atoms with Crippen LogP contribution >= 0.6 is 0 Å². The van der Waals surface area contributed by atoms with Gasteiger partial charge in [0.1, 0.15) is 12.4 Å². The van der Waals surface area contributed by atoms with Crippen LogP contribution in [0.5, 0.6) is 0 Å². The Balaban J connectivity index is 1.99. The molecule has 0 amide bonds. The van der Waals surface area contributed by atoms with Crippen molar-refractivity contribution in [2.45, 2.75) is 17.5 Å². The summed E-state index contributed by atoms with van der Waals surface area (Å²) in [5, 5.41) is 25.5. The molecule has 0 saturated carbocycles. The minimum absolute atomic E-state index is 0.219. The van der Waals surface area contributed by atoms with Gasteiger partial charge in [-0.05, 0) is 0 Å². The first-order chi connectivity index (χ1) is 10.3. The Morgan fingerprint density at radius 1 is 0.826 bits per heavy atom. The van der Waals surface area contributed by atoms with E-state index in [0.717, 1.165) is 0 Å². The van der Waals surface area contributed by atoms with Crippen molar-refractivity contribution in [1.82, 2.24) is 0 Å². The second-order valence-electron chi connectivity index (χ2n) is 6.54. The van der Waals surface area contributed by atoms with Crippen LogP contribution < -0.4 is 22.9 Å². The van der Waals surface area contributed by atoms with Gasteiger partial charge in [0.2, 0.25) is 28.9 Å². The summed E-state index contributed by atoms with van der Waals surface area (Å²) in [5.41, 5.74) is 24.4. The molecule has 10 heteroatoms. The summed E-state index contributed by atoms with van der Waals surface area (Å²) in [5.74, 6) is -5.70. The predicted octanol–water partition coefficient (Wildman–Crippen LogP) is -1.66. The quantitative estimate of drug-likeness (QED) is 0.233. The number of nitrogens with two attached hydrogens (primary N) is 4. The largest absolute Gasteiger partial charge is 0.622 e. The molecule has 4 rings (SSSR count). The lowest BCUT2D eigenvalue weighted by Gasteiger charge is -2.39. The lowest BCUT2D eigenvalue weighted by Crippen LogP contribution is -2.74. The van der Waals surface area contributed by atoms with Crippen LogP contribution in [0.3, 0.4) is 0 Å². The first kappa shape index (κ1) is 15.1. The van der Waals surface area contributed by atoms with Crippen molar-refractivity contribution in [2.75, 3.05) is 14.1 Å². The van der Waals surface area contributed by atoms with E-state index in [1.54, 1.807) is 0 Å². The van der Waals surface area contributed by atoms with E-state index in [1.165, 1.54) is 38.6 Å². The molecule has 0 aromatic heterocycles. The highest BCUT2D eigenvalue weighted by molar-refractivity contribution is 5.61. The van der Waals surface area contributed by atoms with Crippen molar-refractivity contribution >= 4 is 0 Å². The Morgan fingerprint density at radius 2 is 1.17 bits per heavy atom. The normalized spacial score (nSPS) is 41.4. The van der Waals surface area contributed by atoms with Crippen LogP contribution in [0.4, 0.5) is 0 Å². The monoisotopic (exact) mass is 322 g/mol. The third-order valence-electron chi connectivity index (χ3n) is 4.62. The minimum atomic E-state index is -2.01. The zero-order valence-corrected chi connectivity index (χ0v) is 12.6. The van der Waals surface area contributed by atoms with Gasteiger partial charge in [-0.25, -0.2) is 0 Å². The molecule has 1 fully saturated rings. The van der Waals surface area contributed by atoms with Gasteiger partial charge in [0.15, 0.2) is 0 Å². The molecule has 2 atom stereocenters. The average Bonchev–Trinajstić information content (AvgIpc) is 2.96. The number of rotatable bonds is 0. The second kappa shape index (κ2) is 3.63. The third kappa shape index (κ3) is 1.55. The van der Waals surface area contributed by atoms with E-state index in [9.17, 15) is 10.4 Å². The fourth-order valence-electron chi connectivity index (χ4n) is 3.45. The molecule has 2 unspecified atom stereocenters. The molecule has 0 aromatic rings. The Kier molecular flexibility index (Phi) is 2.38. The topological polar surface area (TPSA) is 169 Å². The standard InChI is InChI=1S/C13H18N6O4/c1-18(20)5-3-7-9(18)10-8(4-6-19(10,2)21)11(7)22-12(14,15)13(16,17)23-11/h3-6H,14-17H2,1-2H3. The van der Waals surface area contributed by atoms with Crippen LogP contribution in [0.25, 0.3) is 0 Å². The lowest BCUT2D eigenvalue weighted by atomic mass is 10.0. The van der Waals surface area contributed by atoms with Crippen LogP contribution in [0.15, 0.2) is 47.1 Å². The highest BCUT2D eigenvalue weighted by atomic mass is 16.8. The van der Waals surface area contributed by atoms with Gasteiger partial charge < -0.3 is 19.9 Å². The van der Waals surface area contributed by atoms with Crippen molar-refractivity contribution in [2.24, 2.45) is 22.9 Å². The van der Waals surface area contributed by atoms with Crippen molar-refractivity contribution in [3.63, 3.8) is 0 Å². The van der Waals surface area contributed by atoms with Gasteiger partial charge in [-0.1, -0.05) is 0 Å². The summed E-state index contributed by atoms with van der Waals surface area (Å²) in [7, 11) is 2.79. The Labute approximate surface area is 131 Å². The maximum Gasteiger partial charge on any atom is 0.241 e. The fraction of sp³-hybridized carbons (Fsp3) is 0.385. The summed E-state index contributed by atoms with van der Waals surface area (Å²) in [6.07, 6.45) is 5.77. The number of hydrogen-bond acceptors (Lipinski definition) is 8. The van der Waals surface area contributed by atoms with E-state index in [2.05, 4.69) is 0 Å². The molecule has 0 radical (unpaired) electrons. The summed E-state index contributed by atoms with van der Waals surface area (Å²) in [6, 6.07) is 0. The van der Waals surface area contributed by atoms with Crippen LogP contribution in [-0.2, 0) is 9.47 Å². The molecule has 1 spiro atoms. The number of ether oxygens (including phenoxy) is 2.